The molecule has 2 aliphatic rings. The van der Waals surface area contributed by atoms with Crippen LogP contribution in [0.1, 0.15) is 67.4 Å². The third-order valence-electron chi connectivity index (χ3n) is 9.00. The van der Waals surface area contributed by atoms with Gasteiger partial charge in [-0.3, -0.25) is 24.0 Å². The molecule has 0 bridgehead atoms. The number of rotatable bonds is 13. The van der Waals surface area contributed by atoms with E-state index >= 15 is 0 Å². The summed E-state index contributed by atoms with van der Waals surface area (Å²) in [5.74, 6) is -2.47. The van der Waals surface area contributed by atoms with E-state index in [0.29, 0.717) is 35.4 Å². The number of nitrogens with one attached hydrogen (secondary N) is 5. The molecule has 3 aromatic rings. The van der Waals surface area contributed by atoms with Gasteiger partial charge >= 0.3 is 0 Å². The van der Waals surface area contributed by atoms with Crippen LogP contribution in [0.5, 0.6) is 11.5 Å². The lowest BCUT2D eigenvalue weighted by Gasteiger charge is -2.28. The molecule has 5 N–H and O–H groups in total. The monoisotopic (exact) mass is 645 g/mol. The standard InChI is InChI=1S/C35H43N5O7/c1-46-24-18-26-25(30(19-24)47-2)20-29(38-26)34(44)40-28(16-21-10-5-3-6-11-21)33(43)39-27(17-22-12-9-15-36-32(22)42)31(41)35(45)37-23-13-7-4-8-14-23/h3,5-6,10-11,18-20,22-23,27-28,38H,4,7-9,12-17H2,1-2H3,(H,36,42)(H,37,45)(H,39,43)(H,40,44)/t22-,27?,28-/m0/s1. The molecule has 1 unspecified atom stereocenters. The molecular formula is C35H43N5O7. The Morgan fingerprint density at radius 2 is 1.66 bits per heavy atom. The van der Waals surface area contributed by atoms with Gasteiger partial charge < -0.3 is 35.7 Å². The molecule has 250 valence electrons. The normalized spacial score (nSPS) is 18.0. The van der Waals surface area contributed by atoms with Crippen molar-refractivity contribution in [2.45, 2.75) is 75.9 Å². The minimum Gasteiger partial charge on any atom is -0.497 e. The third-order valence-corrected chi connectivity index (χ3v) is 9.00. The molecule has 47 heavy (non-hydrogen) atoms. The number of piperidine rings is 1. The van der Waals surface area contributed by atoms with E-state index in [1.807, 2.05) is 30.3 Å². The van der Waals surface area contributed by atoms with Crippen LogP contribution in [0.3, 0.4) is 0 Å². The van der Waals surface area contributed by atoms with Gasteiger partial charge in [-0.25, -0.2) is 0 Å². The van der Waals surface area contributed by atoms with E-state index < -0.39 is 41.5 Å². The zero-order chi connectivity index (χ0) is 33.3. The van der Waals surface area contributed by atoms with E-state index in [2.05, 4.69) is 26.3 Å². The second-order valence-electron chi connectivity index (χ2n) is 12.3. The topological polar surface area (TPSA) is 168 Å². The van der Waals surface area contributed by atoms with Crippen LogP contribution >= 0.6 is 0 Å². The number of hydrogen-bond donors (Lipinski definition) is 5. The van der Waals surface area contributed by atoms with Gasteiger partial charge in [0.2, 0.25) is 17.6 Å². The summed E-state index contributed by atoms with van der Waals surface area (Å²) in [6.45, 7) is 0.542. The summed E-state index contributed by atoms with van der Waals surface area (Å²) in [4.78, 5) is 70.0. The number of ether oxygens (including phenoxy) is 2. The van der Waals surface area contributed by atoms with Crippen molar-refractivity contribution in [3.8, 4) is 11.5 Å². The minimum absolute atomic E-state index is 0.0237. The Morgan fingerprint density at radius 1 is 0.894 bits per heavy atom. The molecule has 1 aliphatic carbocycles. The fraction of sp³-hybridized carbons (Fsp3) is 0.457. The van der Waals surface area contributed by atoms with Crippen molar-refractivity contribution in [3.63, 3.8) is 0 Å². The fourth-order valence-electron chi connectivity index (χ4n) is 6.39. The molecular weight excluding hydrogens is 602 g/mol. The number of fused-ring (bicyclic) bond motifs is 1. The van der Waals surface area contributed by atoms with Crippen molar-refractivity contribution in [2.24, 2.45) is 5.92 Å². The summed E-state index contributed by atoms with van der Waals surface area (Å²) >= 11 is 0. The van der Waals surface area contributed by atoms with Crippen molar-refractivity contribution in [3.05, 3.63) is 59.8 Å². The Kier molecular flexibility index (Phi) is 11.1. The number of carbonyl (C=O) groups is 5. The van der Waals surface area contributed by atoms with Crippen molar-refractivity contribution >= 4 is 40.3 Å². The van der Waals surface area contributed by atoms with Crippen LogP contribution in [-0.4, -0.2) is 73.3 Å². The van der Waals surface area contributed by atoms with E-state index in [9.17, 15) is 24.0 Å². The molecule has 0 radical (unpaired) electrons. The molecule has 2 heterocycles. The summed E-state index contributed by atoms with van der Waals surface area (Å²) in [6.07, 6.45) is 5.97. The minimum atomic E-state index is -1.25. The van der Waals surface area contributed by atoms with Gasteiger partial charge in [-0.1, -0.05) is 49.6 Å². The summed E-state index contributed by atoms with van der Waals surface area (Å²) in [7, 11) is 3.05. The highest BCUT2D eigenvalue weighted by molar-refractivity contribution is 6.38. The van der Waals surface area contributed by atoms with Crippen molar-refractivity contribution in [1.82, 2.24) is 26.3 Å². The van der Waals surface area contributed by atoms with Crippen LogP contribution in [0.2, 0.25) is 0 Å². The van der Waals surface area contributed by atoms with E-state index in [-0.39, 0.29) is 30.5 Å². The second-order valence-corrected chi connectivity index (χ2v) is 12.3. The molecule has 1 aromatic heterocycles. The first kappa shape index (κ1) is 33.5. The predicted molar refractivity (Wildman–Crippen MR) is 175 cm³/mol. The lowest BCUT2D eigenvalue weighted by Crippen LogP contribution is -2.56. The zero-order valence-electron chi connectivity index (χ0n) is 26.9. The van der Waals surface area contributed by atoms with E-state index in [4.69, 9.17) is 9.47 Å². The Hall–Kier alpha value is -4.87. The zero-order valence-corrected chi connectivity index (χ0v) is 26.9. The van der Waals surface area contributed by atoms with Gasteiger partial charge in [0, 0.05) is 42.4 Å². The van der Waals surface area contributed by atoms with Gasteiger partial charge in [0.15, 0.2) is 0 Å². The van der Waals surface area contributed by atoms with Crippen LogP contribution in [0, 0.1) is 5.92 Å². The maximum absolute atomic E-state index is 14.0. The maximum Gasteiger partial charge on any atom is 0.289 e. The van der Waals surface area contributed by atoms with Gasteiger partial charge in [-0.2, -0.15) is 0 Å². The van der Waals surface area contributed by atoms with Crippen LogP contribution in [0.25, 0.3) is 10.9 Å². The first-order valence-electron chi connectivity index (χ1n) is 16.3. The number of H-pyrrole nitrogens is 1. The van der Waals surface area contributed by atoms with Crippen LogP contribution in [0.15, 0.2) is 48.5 Å². The van der Waals surface area contributed by atoms with Crippen LogP contribution in [-0.2, 0) is 25.6 Å². The largest absolute Gasteiger partial charge is 0.497 e. The molecule has 12 nitrogen and oxygen atoms in total. The lowest BCUT2D eigenvalue weighted by molar-refractivity contribution is -0.141. The molecule has 1 aliphatic heterocycles. The SMILES string of the molecule is COc1cc(OC)c2cc(C(=O)N[C@@H](Cc3ccccc3)C(=O)NC(C[C@@H]3CCCNC3=O)C(=O)C(=O)NC3CCCCC3)[nH]c2c1. The lowest BCUT2D eigenvalue weighted by atomic mass is 9.89. The Balaban J connectivity index is 1.38. The maximum atomic E-state index is 14.0. The van der Waals surface area contributed by atoms with Crippen LogP contribution < -0.4 is 30.7 Å². The summed E-state index contributed by atoms with van der Waals surface area (Å²) in [6, 6.07) is 11.8. The first-order chi connectivity index (χ1) is 22.7. The highest BCUT2D eigenvalue weighted by atomic mass is 16.5. The number of hydrogen-bond acceptors (Lipinski definition) is 7. The second kappa shape index (κ2) is 15.6. The highest BCUT2D eigenvalue weighted by Crippen LogP contribution is 2.31. The molecule has 12 heteroatoms. The predicted octanol–water partition coefficient (Wildman–Crippen LogP) is 2.95. The molecule has 5 rings (SSSR count). The summed E-state index contributed by atoms with van der Waals surface area (Å²) in [5, 5.41) is 11.9. The van der Waals surface area contributed by atoms with Crippen LogP contribution in [0.4, 0.5) is 0 Å². The van der Waals surface area contributed by atoms with Crippen molar-refractivity contribution in [2.75, 3.05) is 20.8 Å². The Labute approximate surface area is 273 Å². The summed E-state index contributed by atoms with van der Waals surface area (Å²) in [5.41, 5.74) is 1.58. The molecule has 1 saturated carbocycles. The number of amides is 4. The smallest absolute Gasteiger partial charge is 0.289 e. The van der Waals surface area contributed by atoms with Gasteiger partial charge in [0.1, 0.15) is 23.2 Å². The molecule has 1 saturated heterocycles. The molecule has 3 atom stereocenters. The number of benzene rings is 2. The number of aromatic nitrogens is 1. The van der Waals surface area contributed by atoms with Gasteiger partial charge in [-0.05, 0) is 43.7 Å². The average molecular weight is 646 g/mol. The number of carbonyl (C=O) groups excluding carboxylic acids is 5. The van der Waals surface area contributed by atoms with Crippen molar-refractivity contribution in [1.29, 1.82) is 0 Å². The first-order valence-corrected chi connectivity index (χ1v) is 16.3. The molecule has 2 fully saturated rings. The van der Waals surface area contributed by atoms with E-state index in [0.717, 1.165) is 44.1 Å². The molecule has 0 spiro atoms. The number of methoxy groups -OCH3 is 2. The van der Waals surface area contributed by atoms with Crippen molar-refractivity contribution < 1.29 is 33.4 Å². The third kappa shape index (κ3) is 8.49. The highest BCUT2D eigenvalue weighted by Gasteiger charge is 2.35. The number of Topliss-reactive ketones (excluding diaryl/α,β-unsaturated/α-hetero) is 1. The van der Waals surface area contributed by atoms with E-state index in [1.165, 1.54) is 14.2 Å². The molecule has 2 aromatic carbocycles. The average Bonchev–Trinajstić information content (AvgIpc) is 3.53. The van der Waals surface area contributed by atoms with E-state index in [1.54, 1.807) is 18.2 Å². The number of aromatic amines is 1. The quantitative estimate of drug-likeness (QED) is 0.178. The Bertz CT molecular complexity index is 1600. The fourth-order valence-corrected chi connectivity index (χ4v) is 6.39. The Morgan fingerprint density at radius 3 is 2.36 bits per heavy atom. The summed E-state index contributed by atoms with van der Waals surface area (Å²) < 4.78 is 10.8. The molecule has 4 amide bonds. The van der Waals surface area contributed by atoms with Gasteiger partial charge in [0.25, 0.3) is 11.8 Å². The van der Waals surface area contributed by atoms with Gasteiger partial charge in [0.05, 0.1) is 25.8 Å². The number of ketones is 1. The van der Waals surface area contributed by atoms with Gasteiger partial charge in [-0.15, -0.1) is 0 Å².